The van der Waals surface area contributed by atoms with E-state index in [0.717, 1.165) is 31.5 Å². The number of hydrogen-bond donors (Lipinski definition) is 1. The third-order valence-electron chi connectivity index (χ3n) is 5.63. The molecule has 1 saturated heterocycles. The molecule has 0 radical (unpaired) electrons. The van der Waals surface area contributed by atoms with E-state index >= 15 is 0 Å². The van der Waals surface area contributed by atoms with Crippen LogP contribution in [0, 0.1) is 5.92 Å². The molecule has 2 aliphatic rings. The van der Waals surface area contributed by atoms with Crippen LogP contribution in [-0.2, 0) is 4.74 Å². The minimum Gasteiger partial charge on any atom is -0.444 e. The molecular weight excluding hydrogens is 300 g/mol. The van der Waals surface area contributed by atoms with Crippen LogP contribution in [0.1, 0.15) is 57.4 Å². The number of hydrogen-bond acceptors (Lipinski definition) is 3. The summed E-state index contributed by atoms with van der Waals surface area (Å²) in [5.74, 6) is 1.36. The minimum absolute atomic E-state index is 0.451. The average molecular weight is 330 g/mol. The van der Waals surface area contributed by atoms with Gasteiger partial charge in [0.15, 0.2) is 0 Å². The highest BCUT2D eigenvalue weighted by atomic mass is 16.6. The van der Waals surface area contributed by atoms with Gasteiger partial charge in [0.2, 0.25) is 0 Å². The van der Waals surface area contributed by atoms with Gasteiger partial charge in [0.1, 0.15) is 5.60 Å². The third kappa shape index (κ3) is 4.29. The maximum Gasteiger partial charge on any atom is 0.405 e. The van der Waals surface area contributed by atoms with Gasteiger partial charge in [-0.15, -0.1) is 0 Å². The lowest BCUT2D eigenvalue weighted by molar-refractivity contribution is -0.0273. The average Bonchev–Trinajstić information content (AvgIpc) is 2.50. The Morgan fingerprint density at radius 2 is 1.79 bits per heavy atom. The zero-order chi connectivity index (χ0) is 17.2. The van der Waals surface area contributed by atoms with Gasteiger partial charge in [-0.3, -0.25) is 4.90 Å². The lowest BCUT2D eigenvalue weighted by Gasteiger charge is -2.48. The van der Waals surface area contributed by atoms with E-state index in [9.17, 15) is 4.79 Å². The van der Waals surface area contributed by atoms with E-state index in [1.165, 1.54) is 31.2 Å². The zero-order valence-corrected chi connectivity index (χ0v) is 14.9. The van der Waals surface area contributed by atoms with Gasteiger partial charge in [0.25, 0.3) is 0 Å². The van der Waals surface area contributed by atoms with E-state index in [0.29, 0.717) is 5.92 Å². The molecule has 1 aliphatic heterocycles. The normalized spacial score (nSPS) is 25.9. The molecule has 1 aliphatic carbocycles. The number of benzene rings is 1. The van der Waals surface area contributed by atoms with Gasteiger partial charge in [-0.1, -0.05) is 30.3 Å². The summed E-state index contributed by atoms with van der Waals surface area (Å²) < 4.78 is 5.21. The van der Waals surface area contributed by atoms with Crippen molar-refractivity contribution in [1.29, 1.82) is 0 Å². The highest BCUT2D eigenvalue weighted by molar-refractivity contribution is 5.65. The van der Waals surface area contributed by atoms with Gasteiger partial charge >= 0.3 is 6.09 Å². The number of likely N-dealkylation sites (tertiary alicyclic amines) is 1. The molecule has 0 atom stereocenters. The molecule has 1 amide bonds. The second-order valence-corrected chi connectivity index (χ2v) is 8.12. The summed E-state index contributed by atoms with van der Waals surface area (Å²) >= 11 is 0. The van der Waals surface area contributed by atoms with Crippen molar-refractivity contribution >= 4 is 6.09 Å². The number of carbonyl (C=O) groups excluding carboxylic acids is 1. The maximum absolute atomic E-state index is 11.0. The molecular formula is C20H30N2O2. The molecule has 4 heteroatoms. The Labute approximate surface area is 145 Å². The fourth-order valence-corrected chi connectivity index (χ4v) is 4.55. The van der Waals surface area contributed by atoms with Crippen molar-refractivity contribution in [2.24, 2.45) is 11.7 Å². The Morgan fingerprint density at radius 3 is 2.38 bits per heavy atom. The molecule has 0 spiro atoms. The lowest BCUT2D eigenvalue weighted by atomic mass is 9.79. The molecule has 2 fully saturated rings. The van der Waals surface area contributed by atoms with Crippen LogP contribution in [0.25, 0.3) is 0 Å². The first kappa shape index (κ1) is 17.3. The largest absolute Gasteiger partial charge is 0.444 e. The second kappa shape index (κ2) is 7.14. The fraction of sp³-hybridized carbons (Fsp3) is 0.650. The number of ether oxygens (including phenoxy) is 1. The molecule has 0 aromatic heterocycles. The molecule has 2 N–H and O–H groups in total. The standard InChI is InChI=1S/C20H30N2O2/c1-20(2,24-19(21)23)12-15-13-22(14-15)18-10-8-17(9-11-18)16-6-4-3-5-7-16/h3-7,15,17-18H,8-14H2,1-2H3,(H2,21,23). The van der Waals surface area contributed by atoms with Crippen molar-refractivity contribution < 1.29 is 9.53 Å². The van der Waals surface area contributed by atoms with Crippen molar-refractivity contribution in [3.05, 3.63) is 35.9 Å². The van der Waals surface area contributed by atoms with Crippen LogP contribution >= 0.6 is 0 Å². The van der Waals surface area contributed by atoms with E-state index < -0.39 is 11.7 Å². The maximum atomic E-state index is 11.0. The first-order valence-electron chi connectivity index (χ1n) is 9.20. The van der Waals surface area contributed by atoms with E-state index in [2.05, 4.69) is 35.2 Å². The van der Waals surface area contributed by atoms with Crippen LogP contribution < -0.4 is 5.73 Å². The lowest BCUT2D eigenvalue weighted by Crippen LogP contribution is -2.54. The third-order valence-corrected chi connectivity index (χ3v) is 5.63. The summed E-state index contributed by atoms with van der Waals surface area (Å²) in [5.41, 5.74) is 6.20. The molecule has 1 saturated carbocycles. The summed E-state index contributed by atoms with van der Waals surface area (Å²) in [4.78, 5) is 13.6. The smallest absolute Gasteiger partial charge is 0.405 e. The molecule has 0 bridgehead atoms. The Balaban J connectivity index is 1.41. The minimum atomic E-state index is -0.671. The van der Waals surface area contributed by atoms with Gasteiger partial charge in [-0.2, -0.15) is 0 Å². The van der Waals surface area contributed by atoms with Crippen LogP contribution in [0.5, 0.6) is 0 Å². The van der Waals surface area contributed by atoms with Crippen molar-refractivity contribution in [2.45, 2.75) is 63.5 Å². The highest BCUT2D eigenvalue weighted by Crippen LogP contribution is 2.38. The summed E-state index contributed by atoms with van der Waals surface area (Å²) in [6.07, 6.45) is 5.42. The SMILES string of the molecule is CC(C)(CC1CN(C2CCC(c3ccccc3)CC2)C1)OC(N)=O. The van der Waals surface area contributed by atoms with Gasteiger partial charge < -0.3 is 10.5 Å². The molecule has 24 heavy (non-hydrogen) atoms. The Bertz CT molecular complexity index is 544. The Kier molecular flexibility index (Phi) is 5.14. The summed E-state index contributed by atoms with van der Waals surface area (Å²) in [7, 11) is 0. The van der Waals surface area contributed by atoms with Crippen molar-refractivity contribution in [3.8, 4) is 0 Å². The number of primary amides is 1. The topological polar surface area (TPSA) is 55.6 Å². The van der Waals surface area contributed by atoms with Crippen LogP contribution in [-0.4, -0.2) is 35.7 Å². The van der Waals surface area contributed by atoms with E-state index in [4.69, 9.17) is 10.5 Å². The fourth-order valence-electron chi connectivity index (χ4n) is 4.55. The number of nitrogens with zero attached hydrogens (tertiary/aromatic N) is 1. The van der Waals surface area contributed by atoms with E-state index in [-0.39, 0.29) is 0 Å². The zero-order valence-electron chi connectivity index (χ0n) is 14.9. The van der Waals surface area contributed by atoms with E-state index in [1.807, 2.05) is 13.8 Å². The van der Waals surface area contributed by atoms with E-state index in [1.54, 1.807) is 0 Å². The number of amides is 1. The molecule has 132 valence electrons. The predicted molar refractivity (Wildman–Crippen MR) is 95.9 cm³/mol. The number of carbonyl (C=O) groups is 1. The molecule has 4 nitrogen and oxygen atoms in total. The monoisotopic (exact) mass is 330 g/mol. The molecule has 1 aromatic carbocycles. The Hall–Kier alpha value is -1.55. The van der Waals surface area contributed by atoms with Gasteiger partial charge in [-0.25, -0.2) is 4.79 Å². The first-order chi connectivity index (χ1) is 11.4. The molecule has 3 rings (SSSR count). The molecule has 0 unspecified atom stereocenters. The second-order valence-electron chi connectivity index (χ2n) is 8.12. The van der Waals surface area contributed by atoms with Gasteiger partial charge in [-0.05, 0) is 63.4 Å². The summed E-state index contributed by atoms with van der Waals surface area (Å²) in [6, 6.07) is 11.7. The van der Waals surface area contributed by atoms with Crippen LogP contribution in [0.3, 0.4) is 0 Å². The van der Waals surface area contributed by atoms with Crippen molar-refractivity contribution in [1.82, 2.24) is 4.90 Å². The highest BCUT2D eigenvalue weighted by Gasteiger charge is 2.38. The first-order valence-corrected chi connectivity index (χ1v) is 9.20. The molecule has 1 aromatic rings. The van der Waals surface area contributed by atoms with Gasteiger partial charge in [0.05, 0.1) is 0 Å². The molecule has 1 heterocycles. The van der Waals surface area contributed by atoms with Crippen LogP contribution in [0.2, 0.25) is 0 Å². The Morgan fingerprint density at radius 1 is 1.17 bits per heavy atom. The summed E-state index contributed by atoms with van der Waals surface area (Å²) in [6.45, 7) is 6.16. The summed E-state index contributed by atoms with van der Waals surface area (Å²) in [5, 5.41) is 0. The predicted octanol–water partition coefficient (Wildman–Crippen LogP) is 3.91. The van der Waals surface area contributed by atoms with Crippen LogP contribution in [0.15, 0.2) is 30.3 Å². The number of nitrogens with two attached hydrogens (primary N) is 1. The van der Waals surface area contributed by atoms with Gasteiger partial charge in [0, 0.05) is 19.1 Å². The van der Waals surface area contributed by atoms with Crippen molar-refractivity contribution in [2.75, 3.05) is 13.1 Å². The van der Waals surface area contributed by atoms with Crippen LogP contribution in [0.4, 0.5) is 4.79 Å². The quantitative estimate of drug-likeness (QED) is 0.890. The van der Waals surface area contributed by atoms with Crippen molar-refractivity contribution in [3.63, 3.8) is 0 Å². The number of rotatable bonds is 5.